The molecule has 1 nitrogen and oxygen atoms in total. The zero-order valence-corrected chi connectivity index (χ0v) is 14.0. The fourth-order valence-corrected chi connectivity index (χ4v) is 3.11. The minimum atomic E-state index is -0.382. The maximum Gasteiger partial charge on any atom is 0.134 e. The largest absolute Gasteiger partial charge is 0.343 e. The topological polar surface area (TPSA) is 3.24 Å². The van der Waals surface area contributed by atoms with Gasteiger partial charge in [-0.3, -0.25) is 0 Å². The summed E-state index contributed by atoms with van der Waals surface area (Å²) in [5, 5.41) is 0.863. The Kier molecular flexibility index (Phi) is 4.29. The predicted molar refractivity (Wildman–Crippen MR) is 95.5 cm³/mol. The van der Waals surface area contributed by atoms with E-state index in [-0.39, 0.29) is 5.82 Å². The number of rotatable bonds is 2. The van der Waals surface area contributed by atoms with Crippen LogP contribution < -0.4 is 0 Å². The van der Waals surface area contributed by atoms with Crippen molar-refractivity contribution in [3.63, 3.8) is 0 Å². The molecule has 0 aliphatic carbocycles. The number of likely N-dealkylation sites (N-methyl/N-ethyl adjacent to an activating group) is 1. The van der Waals surface area contributed by atoms with Crippen LogP contribution in [-0.4, -0.2) is 11.9 Å². The molecule has 1 heterocycles. The van der Waals surface area contributed by atoms with Crippen molar-refractivity contribution < 1.29 is 4.39 Å². The van der Waals surface area contributed by atoms with Crippen LogP contribution in [0.5, 0.6) is 0 Å². The molecule has 23 heavy (non-hydrogen) atoms. The van der Waals surface area contributed by atoms with Gasteiger partial charge in [-0.05, 0) is 23.8 Å². The average molecular weight is 346 g/mol. The number of allylic oxidation sites excluding steroid dienone is 3. The van der Waals surface area contributed by atoms with E-state index in [9.17, 15) is 4.39 Å². The Hall–Kier alpha value is -2.03. The molecular weight excluding hydrogens is 332 g/mol. The van der Waals surface area contributed by atoms with Gasteiger partial charge in [0.15, 0.2) is 0 Å². The lowest BCUT2D eigenvalue weighted by Crippen LogP contribution is -2.21. The van der Waals surface area contributed by atoms with E-state index in [1.807, 2.05) is 30.3 Å². The summed E-state index contributed by atoms with van der Waals surface area (Å²) in [4.78, 5) is 1.77. The first-order valence-electron chi connectivity index (χ1n) is 7.05. The highest BCUT2D eigenvalue weighted by molar-refractivity contribution is 6.34. The second-order valence-electron chi connectivity index (χ2n) is 5.22. The molecule has 0 bridgehead atoms. The lowest BCUT2D eigenvalue weighted by molar-refractivity contribution is 0.586. The summed E-state index contributed by atoms with van der Waals surface area (Å²) in [6.07, 6.45) is 1.80. The van der Waals surface area contributed by atoms with E-state index in [1.165, 1.54) is 6.07 Å². The van der Waals surface area contributed by atoms with Crippen molar-refractivity contribution in [1.29, 1.82) is 0 Å². The molecule has 0 saturated carbocycles. The number of halogens is 3. The van der Waals surface area contributed by atoms with Crippen LogP contribution >= 0.6 is 23.2 Å². The van der Waals surface area contributed by atoms with Crippen LogP contribution in [0.1, 0.15) is 11.1 Å². The molecule has 2 aromatic carbocycles. The van der Waals surface area contributed by atoms with Gasteiger partial charge >= 0.3 is 0 Å². The third-order valence-corrected chi connectivity index (χ3v) is 4.47. The van der Waals surface area contributed by atoms with Crippen LogP contribution in [0.4, 0.5) is 4.39 Å². The highest BCUT2D eigenvalue weighted by Gasteiger charge is 2.26. The minimum Gasteiger partial charge on any atom is -0.343 e. The van der Waals surface area contributed by atoms with Crippen molar-refractivity contribution in [3.8, 4) is 0 Å². The summed E-state index contributed by atoms with van der Waals surface area (Å²) in [5.41, 5.74) is 3.32. The quantitative estimate of drug-likeness (QED) is 0.651. The Morgan fingerprint density at radius 2 is 1.70 bits per heavy atom. The van der Waals surface area contributed by atoms with Gasteiger partial charge < -0.3 is 4.90 Å². The molecular formula is C19H14Cl2FN. The maximum absolute atomic E-state index is 14.5. The molecule has 0 N–H and O–H groups in total. The van der Waals surface area contributed by atoms with Gasteiger partial charge in [0.2, 0.25) is 0 Å². The standard InChI is InChI=1S/C19H14Cl2FN/c1-12-16(21)11-14(13-7-4-3-5-8-13)19(23(12)2)18-15(20)9-6-10-17(18)22/h3-11H,1H2,2H3. The highest BCUT2D eigenvalue weighted by atomic mass is 35.5. The van der Waals surface area contributed by atoms with Gasteiger partial charge in [-0.2, -0.15) is 0 Å². The Morgan fingerprint density at radius 1 is 1.00 bits per heavy atom. The fraction of sp³-hybridized carbons (Fsp3) is 0.0526. The molecule has 4 heteroatoms. The third-order valence-electron chi connectivity index (χ3n) is 3.83. The molecule has 0 atom stereocenters. The summed E-state index contributed by atoms with van der Waals surface area (Å²) in [5.74, 6) is -0.382. The molecule has 0 unspecified atom stereocenters. The van der Waals surface area contributed by atoms with Gasteiger partial charge in [-0.15, -0.1) is 0 Å². The average Bonchev–Trinajstić information content (AvgIpc) is 2.55. The molecule has 0 saturated heterocycles. The second kappa shape index (κ2) is 6.23. The summed E-state index contributed by atoms with van der Waals surface area (Å²) < 4.78 is 14.5. The van der Waals surface area contributed by atoms with Crippen molar-refractivity contribution in [3.05, 3.63) is 93.9 Å². The Balaban J connectivity index is 2.36. The van der Waals surface area contributed by atoms with E-state index in [1.54, 1.807) is 30.2 Å². The van der Waals surface area contributed by atoms with E-state index in [0.29, 0.717) is 27.0 Å². The van der Waals surface area contributed by atoms with Crippen LogP contribution in [0.2, 0.25) is 5.02 Å². The van der Waals surface area contributed by atoms with Crippen molar-refractivity contribution in [2.45, 2.75) is 0 Å². The maximum atomic E-state index is 14.5. The number of hydrogen-bond acceptors (Lipinski definition) is 1. The first-order chi connectivity index (χ1) is 11.0. The summed E-state index contributed by atoms with van der Waals surface area (Å²) in [6.45, 7) is 3.97. The van der Waals surface area contributed by atoms with Crippen molar-refractivity contribution in [2.24, 2.45) is 0 Å². The Labute approximate surface area is 145 Å². The first kappa shape index (κ1) is 15.9. The highest BCUT2D eigenvalue weighted by Crippen LogP contribution is 2.42. The van der Waals surface area contributed by atoms with Gasteiger partial charge in [0.1, 0.15) is 5.82 Å². The van der Waals surface area contributed by atoms with Crippen LogP contribution in [-0.2, 0) is 0 Å². The molecule has 116 valence electrons. The van der Waals surface area contributed by atoms with E-state index < -0.39 is 0 Å². The zero-order chi connectivity index (χ0) is 16.6. The van der Waals surface area contributed by atoms with Gasteiger partial charge in [0.05, 0.1) is 27.0 Å². The molecule has 0 amide bonds. The van der Waals surface area contributed by atoms with E-state index in [0.717, 1.165) is 11.1 Å². The number of benzene rings is 2. The number of hydrogen-bond donors (Lipinski definition) is 0. The molecule has 0 aromatic heterocycles. The van der Waals surface area contributed by atoms with E-state index >= 15 is 0 Å². The van der Waals surface area contributed by atoms with Crippen LogP contribution in [0.25, 0.3) is 11.3 Å². The molecule has 3 rings (SSSR count). The first-order valence-corrected chi connectivity index (χ1v) is 7.80. The lowest BCUT2D eigenvalue weighted by atomic mass is 9.95. The fourth-order valence-electron chi connectivity index (χ4n) is 2.62. The van der Waals surface area contributed by atoms with Crippen LogP contribution in [0, 0.1) is 5.82 Å². The molecule has 2 aromatic rings. The normalized spacial score (nSPS) is 15.0. The smallest absolute Gasteiger partial charge is 0.134 e. The molecule has 0 spiro atoms. The van der Waals surface area contributed by atoms with Gasteiger partial charge in [-0.25, -0.2) is 4.39 Å². The van der Waals surface area contributed by atoms with Crippen LogP contribution in [0.3, 0.4) is 0 Å². The summed E-state index contributed by atoms with van der Waals surface area (Å²) in [7, 11) is 1.80. The lowest BCUT2D eigenvalue weighted by Gasteiger charge is -2.31. The third kappa shape index (κ3) is 2.80. The van der Waals surface area contributed by atoms with Gasteiger partial charge in [0.25, 0.3) is 0 Å². The van der Waals surface area contributed by atoms with Gasteiger partial charge in [0, 0.05) is 12.6 Å². The van der Waals surface area contributed by atoms with Gasteiger partial charge in [-0.1, -0.05) is 66.2 Å². The zero-order valence-electron chi connectivity index (χ0n) is 12.5. The van der Waals surface area contributed by atoms with Crippen molar-refractivity contribution in [2.75, 3.05) is 7.05 Å². The second-order valence-corrected chi connectivity index (χ2v) is 6.04. The number of nitrogens with zero attached hydrogens (tertiary/aromatic N) is 1. The molecule has 0 fully saturated rings. The van der Waals surface area contributed by atoms with Crippen molar-refractivity contribution in [1.82, 2.24) is 4.90 Å². The Morgan fingerprint density at radius 3 is 2.35 bits per heavy atom. The molecule has 1 aliphatic rings. The predicted octanol–water partition coefficient (Wildman–Crippen LogP) is 5.93. The van der Waals surface area contributed by atoms with Crippen LogP contribution in [0.15, 0.2) is 71.9 Å². The minimum absolute atomic E-state index is 0.345. The SMILES string of the molecule is C=C1C(Cl)=CC(c2ccccc2)=C(c2c(F)cccc2Cl)N1C. The van der Waals surface area contributed by atoms with E-state index in [4.69, 9.17) is 23.2 Å². The van der Waals surface area contributed by atoms with E-state index in [2.05, 4.69) is 6.58 Å². The summed E-state index contributed by atoms with van der Waals surface area (Å²) >= 11 is 12.6. The molecule has 0 radical (unpaired) electrons. The Bertz CT molecular complexity index is 817. The monoisotopic (exact) mass is 345 g/mol. The van der Waals surface area contributed by atoms with Crippen molar-refractivity contribution >= 4 is 34.5 Å². The molecule has 1 aliphatic heterocycles. The summed E-state index contributed by atoms with van der Waals surface area (Å²) in [6, 6.07) is 14.3.